The Bertz CT molecular complexity index is 575. The average molecular weight is 294 g/mol. The van der Waals surface area contributed by atoms with Gasteiger partial charge in [0.1, 0.15) is 0 Å². The highest BCUT2D eigenvalue weighted by Gasteiger charge is 2.23. The summed E-state index contributed by atoms with van der Waals surface area (Å²) in [5, 5.41) is 3.56. The molecule has 1 aliphatic heterocycles. The Kier molecular flexibility index (Phi) is 4.67. The Morgan fingerprint density at radius 2 is 1.50 bits per heavy atom. The topological polar surface area (TPSA) is 15.3 Å². The molecule has 0 spiro atoms. The Hall–Kier alpha value is -1.96. The minimum atomic E-state index is 0.749. The van der Waals surface area contributed by atoms with Crippen LogP contribution in [0, 0.1) is 5.92 Å². The van der Waals surface area contributed by atoms with E-state index in [2.05, 4.69) is 72.6 Å². The van der Waals surface area contributed by atoms with Crippen molar-refractivity contribution in [2.75, 3.05) is 16.8 Å². The monoisotopic (exact) mass is 294 g/mol. The second-order valence-electron chi connectivity index (χ2n) is 6.19. The molecule has 0 saturated heterocycles. The summed E-state index contributed by atoms with van der Waals surface area (Å²) in [6.45, 7) is 5.70. The van der Waals surface area contributed by atoms with E-state index in [4.69, 9.17) is 0 Å². The van der Waals surface area contributed by atoms with Gasteiger partial charge in [0.05, 0.1) is 22.7 Å². The number of nitrogens with one attached hydrogen (secondary N) is 1. The van der Waals surface area contributed by atoms with Crippen molar-refractivity contribution in [1.82, 2.24) is 0 Å². The van der Waals surface area contributed by atoms with Crippen molar-refractivity contribution in [1.29, 1.82) is 0 Å². The molecule has 2 heteroatoms. The molecule has 0 radical (unpaired) electrons. The first kappa shape index (κ1) is 15.0. The predicted octanol–water partition coefficient (Wildman–Crippen LogP) is 6.10. The fraction of sp³-hybridized carbons (Fsp3) is 0.400. The molecule has 0 amide bonds. The van der Waals surface area contributed by atoms with Gasteiger partial charge in [-0.15, -0.1) is 0 Å². The zero-order valence-electron chi connectivity index (χ0n) is 13.7. The quantitative estimate of drug-likeness (QED) is 0.692. The van der Waals surface area contributed by atoms with Crippen molar-refractivity contribution in [2.24, 2.45) is 5.92 Å². The van der Waals surface area contributed by atoms with Crippen LogP contribution in [0.15, 0.2) is 48.5 Å². The molecule has 2 nitrogen and oxygen atoms in total. The lowest BCUT2D eigenvalue weighted by atomic mass is 9.97. The maximum atomic E-state index is 3.56. The van der Waals surface area contributed by atoms with Crippen molar-refractivity contribution in [3.05, 3.63) is 48.5 Å². The van der Waals surface area contributed by atoms with E-state index < -0.39 is 0 Å². The lowest BCUT2D eigenvalue weighted by molar-refractivity contribution is 0.458. The number of hydrogen-bond donors (Lipinski definition) is 1. The molecular formula is C20H26N2. The van der Waals surface area contributed by atoms with E-state index in [0.717, 1.165) is 12.5 Å². The first-order valence-electron chi connectivity index (χ1n) is 8.56. The van der Waals surface area contributed by atoms with Gasteiger partial charge in [-0.3, -0.25) is 0 Å². The van der Waals surface area contributed by atoms with Gasteiger partial charge in [0.2, 0.25) is 0 Å². The van der Waals surface area contributed by atoms with Crippen molar-refractivity contribution < 1.29 is 0 Å². The smallest absolute Gasteiger partial charge is 0.0650 e. The zero-order valence-corrected chi connectivity index (χ0v) is 13.7. The standard InChI is InChI=1S/C20H26N2/c1-3-5-10-16(4-2)15-22-19-13-8-6-11-17(19)21-18-12-7-9-14-20(18)22/h6-9,11-14,16,21H,3-5,10,15H2,1-2H3. The molecule has 116 valence electrons. The van der Waals surface area contributed by atoms with Crippen molar-refractivity contribution >= 4 is 22.7 Å². The molecule has 1 aliphatic rings. The summed E-state index contributed by atoms with van der Waals surface area (Å²) in [5.74, 6) is 0.749. The first-order chi connectivity index (χ1) is 10.8. The van der Waals surface area contributed by atoms with Gasteiger partial charge in [0.15, 0.2) is 0 Å². The van der Waals surface area contributed by atoms with E-state index >= 15 is 0 Å². The van der Waals surface area contributed by atoms with Gasteiger partial charge in [-0.1, -0.05) is 57.4 Å². The molecule has 3 rings (SSSR count). The van der Waals surface area contributed by atoms with E-state index in [0.29, 0.717) is 0 Å². The number of benzene rings is 2. The first-order valence-corrected chi connectivity index (χ1v) is 8.56. The number of fused-ring (bicyclic) bond motifs is 2. The van der Waals surface area contributed by atoms with Crippen molar-refractivity contribution in [3.63, 3.8) is 0 Å². The van der Waals surface area contributed by atoms with Crippen LogP contribution in [0.4, 0.5) is 22.7 Å². The molecule has 2 aromatic rings. The SMILES string of the molecule is CCCCC(CC)CN1c2ccccc2Nc2ccccc21. The molecule has 1 atom stereocenters. The van der Waals surface area contributed by atoms with E-state index in [1.807, 2.05) is 0 Å². The van der Waals surface area contributed by atoms with E-state index in [9.17, 15) is 0 Å². The number of unbranched alkanes of at least 4 members (excludes halogenated alkanes) is 1. The summed E-state index contributed by atoms with van der Waals surface area (Å²) in [6.07, 6.45) is 5.18. The highest BCUT2D eigenvalue weighted by atomic mass is 15.2. The fourth-order valence-electron chi connectivity index (χ4n) is 3.28. The molecule has 0 fully saturated rings. The molecule has 0 aromatic heterocycles. The summed E-state index contributed by atoms with van der Waals surface area (Å²) in [6, 6.07) is 17.3. The second kappa shape index (κ2) is 6.87. The van der Waals surface area contributed by atoms with E-state index in [1.54, 1.807) is 0 Å². The van der Waals surface area contributed by atoms with Crippen LogP contribution < -0.4 is 10.2 Å². The minimum absolute atomic E-state index is 0.749. The van der Waals surface area contributed by atoms with Crippen LogP contribution in [-0.4, -0.2) is 6.54 Å². The summed E-state index contributed by atoms with van der Waals surface area (Å²) in [7, 11) is 0. The zero-order chi connectivity index (χ0) is 15.4. The summed E-state index contributed by atoms with van der Waals surface area (Å²) in [4.78, 5) is 2.50. The van der Waals surface area contributed by atoms with Crippen LogP contribution in [0.25, 0.3) is 0 Å². The molecular weight excluding hydrogens is 268 g/mol. The van der Waals surface area contributed by atoms with E-state index in [-0.39, 0.29) is 0 Å². The van der Waals surface area contributed by atoms with Crippen LogP contribution in [0.1, 0.15) is 39.5 Å². The molecule has 0 saturated carbocycles. The summed E-state index contributed by atoms with van der Waals surface area (Å²) < 4.78 is 0. The summed E-state index contributed by atoms with van der Waals surface area (Å²) in [5.41, 5.74) is 5.03. The molecule has 2 aromatic carbocycles. The van der Waals surface area contributed by atoms with Crippen LogP contribution in [0.5, 0.6) is 0 Å². The summed E-state index contributed by atoms with van der Waals surface area (Å²) >= 11 is 0. The normalized spacial score (nSPS) is 14.0. The lowest BCUT2D eigenvalue weighted by Gasteiger charge is -2.36. The van der Waals surface area contributed by atoms with Gasteiger partial charge in [0, 0.05) is 6.54 Å². The Morgan fingerprint density at radius 1 is 0.909 bits per heavy atom. The molecule has 0 aliphatic carbocycles. The minimum Gasteiger partial charge on any atom is -0.352 e. The Balaban J connectivity index is 1.92. The molecule has 1 N–H and O–H groups in total. The van der Waals surface area contributed by atoms with Gasteiger partial charge in [-0.05, 0) is 36.6 Å². The molecule has 22 heavy (non-hydrogen) atoms. The second-order valence-corrected chi connectivity index (χ2v) is 6.19. The van der Waals surface area contributed by atoms with Gasteiger partial charge in [-0.25, -0.2) is 0 Å². The van der Waals surface area contributed by atoms with Gasteiger partial charge in [-0.2, -0.15) is 0 Å². The predicted molar refractivity (Wildman–Crippen MR) is 96.5 cm³/mol. The number of para-hydroxylation sites is 4. The number of anilines is 4. The van der Waals surface area contributed by atoms with Crippen LogP contribution in [0.2, 0.25) is 0 Å². The number of rotatable bonds is 6. The van der Waals surface area contributed by atoms with E-state index in [1.165, 1.54) is 48.4 Å². The highest BCUT2D eigenvalue weighted by molar-refractivity contribution is 5.91. The average Bonchev–Trinajstić information content (AvgIpc) is 2.57. The molecule has 1 unspecified atom stereocenters. The third kappa shape index (κ3) is 2.96. The maximum absolute atomic E-state index is 3.56. The van der Waals surface area contributed by atoms with Gasteiger partial charge < -0.3 is 10.2 Å². The largest absolute Gasteiger partial charge is 0.352 e. The van der Waals surface area contributed by atoms with Gasteiger partial charge >= 0.3 is 0 Å². The highest BCUT2D eigenvalue weighted by Crippen LogP contribution is 2.43. The maximum Gasteiger partial charge on any atom is 0.0650 e. The van der Waals surface area contributed by atoms with Crippen LogP contribution in [-0.2, 0) is 0 Å². The lowest BCUT2D eigenvalue weighted by Crippen LogP contribution is -2.28. The fourth-order valence-corrected chi connectivity index (χ4v) is 3.28. The molecule has 1 heterocycles. The van der Waals surface area contributed by atoms with Crippen LogP contribution in [0.3, 0.4) is 0 Å². The van der Waals surface area contributed by atoms with Crippen LogP contribution >= 0.6 is 0 Å². The number of hydrogen-bond acceptors (Lipinski definition) is 2. The third-order valence-corrected chi connectivity index (χ3v) is 4.64. The van der Waals surface area contributed by atoms with Crippen molar-refractivity contribution in [3.8, 4) is 0 Å². The molecule has 0 bridgehead atoms. The third-order valence-electron chi connectivity index (χ3n) is 4.64. The van der Waals surface area contributed by atoms with Gasteiger partial charge in [0.25, 0.3) is 0 Å². The van der Waals surface area contributed by atoms with Crippen molar-refractivity contribution in [2.45, 2.75) is 39.5 Å². The Labute approximate surface area is 134 Å². The number of nitrogens with zero attached hydrogens (tertiary/aromatic N) is 1. The Morgan fingerprint density at radius 3 is 2.05 bits per heavy atom.